The van der Waals surface area contributed by atoms with E-state index in [2.05, 4.69) is 144 Å². The van der Waals surface area contributed by atoms with Crippen molar-refractivity contribution < 1.29 is 27.8 Å². The highest BCUT2D eigenvalue weighted by Gasteiger charge is 2.75. The lowest BCUT2D eigenvalue weighted by Gasteiger charge is -2.30. The van der Waals surface area contributed by atoms with Gasteiger partial charge in [-0.25, -0.2) is 9.13 Å². The largest absolute Gasteiger partial charge is 0.704 e. The Labute approximate surface area is 267 Å². The third kappa shape index (κ3) is 5.79. The van der Waals surface area contributed by atoms with Gasteiger partial charge < -0.3 is 9.47 Å². The third-order valence-corrected chi connectivity index (χ3v) is 9.45. The number of unbranched alkanes of at least 4 members (excludes halogenated alkanes) is 2. The van der Waals surface area contributed by atoms with Crippen LogP contribution in [0.15, 0.2) is 85.5 Å². The van der Waals surface area contributed by atoms with Crippen LogP contribution in [0.4, 0.5) is 0 Å². The van der Waals surface area contributed by atoms with E-state index in [1.54, 1.807) is 0 Å². The molecule has 1 saturated heterocycles. The number of ether oxygens (including phenoxy) is 2. The first kappa shape index (κ1) is 29.4. The van der Waals surface area contributed by atoms with Gasteiger partial charge in [-0.1, -0.05) is 33.4 Å². The maximum absolute atomic E-state index is 6.98. The smallest absolute Gasteiger partial charge is 0.340 e. The quantitative estimate of drug-likeness (QED) is 0.173. The molecule has 1 spiro atoms. The predicted molar refractivity (Wildman–Crippen MR) is 175 cm³/mol. The average molecular weight is 603 g/mol. The molecule has 0 N–H and O–H groups in total. The number of fused-ring (bicyclic) bond motifs is 2. The summed E-state index contributed by atoms with van der Waals surface area (Å²) in [6, 6.07) is 20.7. The molecule has 230 valence electrons. The summed E-state index contributed by atoms with van der Waals surface area (Å²) in [5, 5.41) is 0. The molecule has 4 aromatic rings. The molecule has 1 fully saturated rings. The molecule has 3 aliphatic heterocycles. The Kier molecular flexibility index (Phi) is 7.76. The minimum atomic E-state index is -1.03. The Balaban J connectivity index is 1.09. The van der Waals surface area contributed by atoms with E-state index in [0.29, 0.717) is 0 Å². The number of rotatable bonds is 10. The summed E-state index contributed by atoms with van der Waals surface area (Å²) >= 11 is 0. The Bertz CT molecular complexity index is 1770. The maximum Gasteiger partial charge on any atom is 0.704 e. The lowest BCUT2D eigenvalue weighted by molar-refractivity contribution is -0.867. The van der Waals surface area contributed by atoms with Crippen LogP contribution in [0.25, 0.3) is 0 Å². The summed E-state index contributed by atoms with van der Waals surface area (Å²) in [6.07, 6.45) is 19.8. The van der Waals surface area contributed by atoms with Crippen molar-refractivity contribution in [1.29, 1.82) is 0 Å². The van der Waals surface area contributed by atoms with E-state index in [1.807, 2.05) is 0 Å². The molecule has 5 heterocycles. The van der Waals surface area contributed by atoms with Crippen molar-refractivity contribution in [2.24, 2.45) is 0 Å². The molecule has 2 aromatic carbocycles. The summed E-state index contributed by atoms with van der Waals surface area (Å²) < 4.78 is 23.0. The lowest BCUT2D eigenvalue weighted by atomic mass is 9.99. The van der Waals surface area contributed by atoms with Gasteiger partial charge in [0.05, 0.1) is 11.1 Å². The monoisotopic (exact) mass is 602 g/mol. The summed E-state index contributed by atoms with van der Waals surface area (Å²) in [5.74, 6) is 1.83. The molecular formula is C39H46N4O2+4. The molecule has 6 nitrogen and oxygen atoms in total. The topological polar surface area (TPSA) is 32.2 Å². The van der Waals surface area contributed by atoms with Gasteiger partial charge in [0.25, 0.3) is 0 Å². The van der Waals surface area contributed by atoms with Crippen LogP contribution in [0.5, 0.6) is 11.5 Å². The summed E-state index contributed by atoms with van der Waals surface area (Å²) in [6.45, 7) is 11.8. The van der Waals surface area contributed by atoms with Crippen LogP contribution < -0.4 is 18.6 Å². The molecule has 2 aromatic heterocycles. The number of pyridine rings is 2. The van der Waals surface area contributed by atoms with E-state index in [-0.39, 0.29) is 5.54 Å². The number of aromatic nitrogens is 2. The van der Waals surface area contributed by atoms with E-state index >= 15 is 0 Å². The van der Waals surface area contributed by atoms with Crippen molar-refractivity contribution in [3.63, 3.8) is 0 Å². The molecule has 45 heavy (non-hydrogen) atoms. The number of benzene rings is 2. The lowest BCUT2D eigenvalue weighted by Crippen LogP contribution is -2.61. The first-order valence-electron chi connectivity index (χ1n) is 16.6. The highest BCUT2D eigenvalue weighted by atomic mass is 16.7. The van der Waals surface area contributed by atoms with Crippen molar-refractivity contribution in [1.82, 2.24) is 0 Å². The van der Waals surface area contributed by atoms with E-state index in [4.69, 9.17) is 9.47 Å². The second-order valence-corrected chi connectivity index (χ2v) is 13.6. The maximum atomic E-state index is 6.98. The molecule has 0 bridgehead atoms. The van der Waals surface area contributed by atoms with Gasteiger partial charge in [0.1, 0.15) is 13.1 Å². The van der Waals surface area contributed by atoms with Gasteiger partial charge in [-0.15, -0.1) is 0 Å². The van der Waals surface area contributed by atoms with Gasteiger partial charge in [0.2, 0.25) is 12.1 Å². The Hall–Kier alpha value is -4.32. The van der Waals surface area contributed by atoms with E-state index in [9.17, 15) is 0 Å². The second-order valence-electron chi connectivity index (χ2n) is 13.6. The minimum absolute atomic E-state index is 0.182. The molecule has 1 unspecified atom stereocenters. The van der Waals surface area contributed by atoms with Crippen LogP contribution in [0.1, 0.15) is 72.9 Å². The normalized spacial score (nSPS) is 18.8. The van der Waals surface area contributed by atoms with Crippen molar-refractivity contribution in [3.8, 4) is 11.5 Å². The van der Waals surface area contributed by atoms with E-state index in [1.165, 1.54) is 11.1 Å². The van der Waals surface area contributed by atoms with E-state index in [0.717, 1.165) is 91.9 Å². The minimum Gasteiger partial charge on any atom is -0.340 e. The van der Waals surface area contributed by atoms with E-state index < -0.39 is 6.03 Å². The fourth-order valence-corrected chi connectivity index (χ4v) is 7.24. The summed E-state index contributed by atoms with van der Waals surface area (Å²) in [5.41, 5.74) is 7.14. The van der Waals surface area contributed by atoms with Crippen LogP contribution >= 0.6 is 0 Å². The van der Waals surface area contributed by atoms with Crippen LogP contribution in [-0.4, -0.2) is 39.7 Å². The van der Waals surface area contributed by atoms with Crippen LogP contribution in [0.3, 0.4) is 0 Å². The number of hydrogen-bond donors (Lipinski definition) is 0. The Morgan fingerprint density at radius 2 is 1.11 bits per heavy atom. The fraction of sp³-hybridized carbons (Fsp3) is 0.385. The van der Waals surface area contributed by atoms with Gasteiger partial charge >= 0.3 is 6.03 Å². The molecule has 7 rings (SSSR count). The van der Waals surface area contributed by atoms with Crippen molar-refractivity contribution in [2.75, 3.05) is 6.54 Å². The van der Waals surface area contributed by atoms with Gasteiger partial charge in [-0.05, 0) is 73.9 Å². The molecule has 0 aliphatic carbocycles. The molecule has 6 heteroatoms. The second kappa shape index (κ2) is 11.9. The first-order chi connectivity index (χ1) is 21.8. The predicted octanol–water partition coefficient (Wildman–Crippen LogP) is 5.68. The summed E-state index contributed by atoms with van der Waals surface area (Å²) in [4.78, 5) is 0. The van der Waals surface area contributed by atoms with Crippen LogP contribution in [0, 0.1) is 13.8 Å². The Morgan fingerprint density at radius 1 is 0.622 bits per heavy atom. The van der Waals surface area contributed by atoms with Gasteiger partial charge in [-0.3, -0.25) is 0 Å². The van der Waals surface area contributed by atoms with Crippen molar-refractivity contribution >= 4 is 12.4 Å². The third-order valence-electron chi connectivity index (χ3n) is 9.45. The highest BCUT2D eigenvalue weighted by molar-refractivity contribution is 5.84. The molecule has 3 aliphatic rings. The summed E-state index contributed by atoms with van der Waals surface area (Å²) in [7, 11) is 0. The standard InChI is InChI=1S/C39H46N4O2/c1-30-23-32(15-7-13-21-40-17-9-5-10-18-40)25-34-27-42-29-38(3,4)43-28-35-26-33(16-8-14-22-41-19-11-6-12-20-41)24-31(2)37(35)45-39(42,43)44-36(30)34/h5-6,9-12,17-20,23-28H,7-8,13-16,21-22,29H2,1-4H3/q+4. The molecule has 1 atom stereocenters. The zero-order chi connectivity index (χ0) is 31.0. The number of aryl methyl sites for hydroxylation is 6. The number of nitrogens with zero attached hydrogens (tertiary/aromatic N) is 4. The van der Waals surface area contributed by atoms with Gasteiger partial charge in [0.15, 0.2) is 48.7 Å². The van der Waals surface area contributed by atoms with Crippen molar-refractivity contribution in [3.05, 3.63) is 119 Å². The molecule has 0 amide bonds. The van der Waals surface area contributed by atoms with Gasteiger partial charge in [-0.2, -0.15) is 0 Å². The first-order valence-corrected chi connectivity index (χ1v) is 16.6. The van der Waals surface area contributed by atoms with Crippen molar-refractivity contribution in [2.45, 2.75) is 90.9 Å². The van der Waals surface area contributed by atoms with Crippen LogP contribution in [-0.2, 0) is 25.9 Å². The van der Waals surface area contributed by atoms with Gasteiger partial charge in [0, 0.05) is 51.0 Å². The van der Waals surface area contributed by atoms with Crippen LogP contribution in [0.2, 0.25) is 0 Å². The number of hydrogen-bond acceptors (Lipinski definition) is 2. The SMILES string of the molecule is Cc1cc(CCCC[n+]2ccccc2)cc2c1OC13Oc4c(C)cc(CCCC[n+]5ccccc5)cc4C=[N+]1C(C)(C)C[N+]3=C2. The zero-order valence-electron chi connectivity index (χ0n) is 27.2. The molecule has 0 radical (unpaired) electrons. The average Bonchev–Trinajstić information content (AvgIpc) is 3.26. The molecule has 0 saturated carbocycles. The highest BCUT2D eigenvalue weighted by Crippen LogP contribution is 2.44. The zero-order valence-corrected chi connectivity index (χ0v) is 27.2. The molecular weight excluding hydrogens is 556 g/mol. The Morgan fingerprint density at radius 3 is 1.62 bits per heavy atom. The fourth-order valence-electron chi connectivity index (χ4n) is 7.24.